The van der Waals surface area contributed by atoms with Gasteiger partial charge in [0.25, 0.3) is 0 Å². The molecule has 2 aromatic rings. The van der Waals surface area contributed by atoms with Gasteiger partial charge in [-0.25, -0.2) is 17.6 Å². The van der Waals surface area contributed by atoms with Crippen LogP contribution in [-0.4, -0.2) is 44.0 Å². The number of sulfonamides is 1. The fourth-order valence-electron chi connectivity index (χ4n) is 3.10. The number of esters is 1. The second kappa shape index (κ2) is 8.38. The van der Waals surface area contributed by atoms with Crippen LogP contribution in [-0.2, 0) is 26.1 Å². The monoisotopic (exact) mass is 407 g/mol. The number of carbonyl (C=O) groups excluding carboxylic acids is 1. The SMILES string of the molecule is C[C@@H]1CN(S(=O)(=O)c2cccc(C(=O)OCc3ccccc3F)c2)C[C@@H](C)O1. The van der Waals surface area contributed by atoms with Gasteiger partial charge < -0.3 is 9.47 Å². The Morgan fingerprint density at radius 2 is 1.82 bits per heavy atom. The van der Waals surface area contributed by atoms with Crippen molar-refractivity contribution in [3.63, 3.8) is 0 Å². The zero-order valence-electron chi connectivity index (χ0n) is 15.7. The minimum atomic E-state index is -3.77. The molecule has 0 N–H and O–H groups in total. The molecule has 0 unspecified atom stereocenters. The molecular weight excluding hydrogens is 385 g/mol. The number of hydrogen-bond donors (Lipinski definition) is 0. The minimum absolute atomic E-state index is 0.00846. The van der Waals surface area contributed by atoms with Gasteiger partial charge >= 0.3 is 5.97 Å². The van der Waals surface area contributed by atoms with Gasteiger partial charge in [0.05, 0.1) is 22.7 Å². The number of nitrogens with zero attached hydrogens (tertiary/aromatic N) is 1. The predicted molar refractivity (Wildman–Crippen MR) is 101 cm³/mol. The van der Waals surface area contributed by atoms with Crippen molar-refractivity contribution in [2.24, 2.45) is 0 Å². The van der Waals surface area contributed by atoms with E-state index < -0.39 is 21.8 Å². The highest BCUT2D eigenvalue weighted by atomic mass is 32.2. The van der Waals surface area contributed by atoms with E-state index in [-0.39, 0.29) is 47.9 Å². The molecule has 0 amide bonds. The van der Waals surface area contributed by atoms with Crippen LogP contribution in [0.5, 0.6) is 0 Å². The molecule has 1 aliphatic rings. The summed E-state index contributed by atoms with van der Waals surface area (Å²) < 4.78 is 51.6. The van der Waals surface area contributed by atoms with Gasteiger partial charge in [-0.1, -0.05) is 24.3 Å². The van der Waals surface area contributed by atoms with Crippen molar-refractivity contribution in [2.45, 2.75) is 37.6 Å². The van der Waals surface area contributed by atoms with E-state index in [9.17, 15) is 17.6 Å². The van der Waals surface area contributed by atoms with Crippen LogP contribution in [0.3, 0.4) is 0 Å². The van der Waals surface area contributed by atoms with E-state index in [1.807, 2.05) is 13.8 Å². The van der Waals surface area contributed by atoms with Crippen LogP contribution >= 0.6 is 0 Å². The van der Waals surface area contributed by atoms with E-state index in [0.717, 1.165) is 0 Å². The molecule has 1 aliphatic heterocycles. The Labute approximate surface area is 163 Å². The Morgan fingerprint density at radius 1 is 1.14 bits per heavy atom. The summed E-state index contributed by atoms with van der Waals surface area (Å²) in [5, 5.41) is 0. The smallest absolute Gasteiger partial charge is 0.338 e. The highest BCUT2D eigenvalue weighted by Gasteiger charge is 2.32. The number of ether oxygens (including phenoxy) is 2. The predicted octanol–water partition coefficient (Wildman–Crippen LogP) is 2.98. The van der Waals surface area contributed by atoms with Crippen LogP contribution in [0.2, 0.25) is 0 Å². The number of hydrogen-bond acceptors (Lipinski definition) is 5. The second-order valence-corrected chi connectivity index (χ2v) is 8.71. The third kappa shape index (κ3) is 4.57. The Bertz CT molecular complexity index is 953. The summed E-state index contributed by atoms with van der Waals surface area (Å²) in [5.41, 5.74) is 0.336. The molecule has 1 heterocycles. The summed E-state index contributed by atoms with van der Waals surface area (Å²) in [7, 11) is -3.77. The summed E-state index contributed by atoms with van der Waals surface area (Å²) in [6.07, 6.45) is -0.431. The van der Waals surface area contributed by atoms with Crippen LogP contribution in [0.15, 0.2) is 53.4 Å². The van der Waals surface area contributed by atoms with Gasteiger partial charge in [-0.05, 0) is 38.1 Å². The van der Waals surface area contributed by atoms with Crippen LogP contribution in [0.1, 0.15) is 29.8 Å². The number of benzene rings is 2. The molecule has 3 rings (SSSR count). The summed E-state index contributed by atoms with van der Waals surface area (Å²) in [4.78, 5) is 12.3. The fourth-order valence-corrected chi connectivity index (χ4v) is 4.74. The first-order chi connectivity index (χ1) is 13.3. The number of halogens is 1. The van der Waals surface area contributed by atoms with E-state index in [2.05, 4.69) is 0 Å². The molecule has 8 heteroatoms. The van der Waals surface area contributed by atoms with Crippen LogP contribution in [0, 0.1) is 5.82 Å². The first-order valence-electron chi connectivity index (χ1n) is 8.93. The molecule has 0 spiro atoms. The van der Waals surface area contributed by atoms with Gasteiger partial charge in [-0.3, -0.25) is 0 Å². The lowest BCUT2D eigenvalue weighted by Crippen LogP contribution is -2.48. The van der Waals surface area contributed by atoms with E-state index >= 15 is 0 Å². The van der Waals surface area contributed by atoms with E-state index in [1.54, 1.807) is 12.1 Å². The van der Waals surface area contributed by atoms with Crippen molar-refractivity contribution in [3.8, 4) is 0 Å². The Kier molecular flexibility index (Phi) is 6.12. The van der Waals surface area contributed by atoms with Gasteiger partial charge in [-0.15, -0.1) is 0 Å². The van der Waals surface area contributed by atoms with Crippen molar-refractivity contribution in [2.75, 3.05) is 13.1 Å². The fraction of sp³-hybridized carbons (Fsp3) is 0.350. The van der Waals surface area contributed by atoms with Gasteiger partial charge in [0.2, 0.25) is 10.0 Å². The molecule has 150 valence electrons. The van der Waals surface area contributed by atoms with Crippen LogP contribution < -0.4 is 0 Å². The lowest BCUT2D eigenvalue weighted by atomic mass is 10.2. The summed E-state index contributed by atoms with van der Waals surface area (Å²) >= 11 is 0. The summed E-state index contributed by atoms with van der Waals surface area (Å²) in [6.45, 7) is 3.88. The third-order valence-electron chi connectivity index (χ3n) is 4.41. The van der Waals surface area contributed by atoms with Gasteiger partial charge in [-0.2, -0.15) is 4.31 Å². The maximum atomic E-state index is 13.6. The molecule has 28 heavy (non-hydrogen) atoms. The van der Waals surface area contributed by atoms with Crippen molar-refractivity contribution < 1.29 is 27.1 Å². The van der Waals surface area contributed by atoms with Gasteiger partial charge in [0.1, 0.15) is 12.4 Å². The average molecular weight is 407 g/mol. The molecule has 0 radical (unpaired) electrons. The molecular formula is C20H22FNO5S. The van der Waals surface area contributed by atoms with Crippen molar-refractivity contribution in [1.29, 1.82) is 0 Å². The maximum Gasteiger partial charge on any atom is 0.338 e. The van der Waals surface area contributed by atoms with Crippen molar-refractivity contribution in [1.82, 2.24) is 4.31 Å². The molecule has 6 nitrogen and oxygen atoms in total. The summed E-state index contributed by atoms with van der Waals surface area (Å²) in [5.74, 6) is -1.19. The number of rotatable bonds is 5. The maximum absolute atomic E-state index is 13.6. The second-order valence-electron chi connectivity index (χ2n) is 6.77. The highest BCUT2D eigenvalue weighted by Crippen LogP contribution is 2.22. The number of carbonyl (C=O) groups is 1. The largest absolute Gasteiger partial charge is 0.457 e. The van der Waals surface area contributed by atoms with E-state index in [0.29, 0.717) is 0 Å². The van der Waals surface area contributed by atoms with Crippen LogP contribution in [0.4, 0.5) is 4.39 Å². The quantitative estimate of drug-likeness (QED) is 0.713. The minimum Gasteiger partial charge on any atom is -0.457 e. The first-order valence-corrected chi connectivity index (χ1v) is 10.4. The summed E-state index contributed by atoms with van der Waals surface area (Å²) in [6, 6.07) is 11.7. The topological polar surface area (TPSA) is 72.9 Å². The molecule has 0 bridgehead atoms. The molecule has 1 saturated heterocycles. The van der Waals surface area contributed by atoms with Crippen molar-refractivity contribution >= 4 is 16.0 Å². The molecule has 2 aromatic carbocycles. The molecule has 2 atom stereocenters. The van der Waals surface area contributed by atoms with Gasteiger partial charge in [0.15, 0.2) is 0 Å². The standard InChI is InChI=1S/C20H22FNO5S/c1-14-11-22(12-15(2)27-14)28(24,25)18-8-5-7-16(10-18)20(23)26-13-17-6-3-4-9-19(17)21/h3-10,14-15H,11-13H2,1-2H3/t14-,15-/m1/s1. The number of morpholine rings is 1. The zero-order valence-corrected chi connectivity index (χ0v) is 16.5. The molecule has 0 saturated carbocycles. The molecule has 1 fully saturated rings. The average Bonchev–Trinajstić information content (AvgIpc) is 2.66. The highest BCUT2D eigenvalue weighted by molar-refractivity contribution is 7.89. The Balaban J connectivity index is 1.76. The van der Waals surface area contributed by atoms with Crippen LogP contribution in [0.25, 0.3) is 0 Å². The van der Waals surface area contributed by atoms with E-state index in [4.69, 9.17) is 9.47 Å². The first kappa shape index (κ1) is 20.4. The van der Waals surface area contributed by atoms with Crippen molar-refractivity contribution in [3.05, 3.63) is 65.5 Å². The van der Waals surface area contributed by atoms with Gasteiger partial charge in [0, 0.05) is 18.7 Å². The normalized spacial score (nSPS) is 20.7. The van der Waals surface area contributed by atoms with E-state index in [1.165, 1.54) is 40.7 Å². The zero-order chi connectivity index (χ0) is 20.3. The Hall–Kier alpha value is -2.29. The molecule has 0 aliphatic carbocycles. The third-order valence-corrected chi connectivity index (χ3v) is 6.24. The molecule has 0 aromatic heterocycles. The Morgan fingerprint density at radius 3 is 2.50 bits per heavy atom. The lowest BCUT2D eigenvalue weighted by molar-refractivity contribution is -0.0440. The lowest BCUT2D eigenvalue weighted by Gasteiger charge is -2.34.